The van der Waals surface area contributed by atoms with Crippen LogP contribution in [0.2, 0.25) is 0 Å². The highest BCUT2D eigenvalue weighted by Crippen LogP contribution is 2.31. The Bertz CT molecular complexity index is 913. The highest BCUT2D eigenvalue weighted by atomic mass is 16.5. The van der Waals surface area contributed by atoms with E-state index < -0.39 is 6.10 Å². The smallest absolute Gasteiger partial charge is 0.185 e. The van der Waals surface area contributed by atoms with Gasteiger partial charge in [0.15, 0.2) is 5.78 Å². The van der Waals surface area contributed by atoms with Crippen LogP contribution in [-0.4, -0.2) is 28.0 Å². The van der Waals surface area contributed by atoms with Crippen molar-refractivity contribution in [3.63, 3.8) is 0 Å². The van der Waals surface area contributed by atoms with Crippen LogP contribution in [0.15, 0.2) is 48.8 Å². The number of aromatic nitrogens is 2. The number of methoxy groups -OCH3 is 1. The maximum Gasteiger partial charge on any atom is 0.185 e. The molecule has 5 nitrogen and oxygen atoms in total. The van der Waals surface area contributed by atoms with Crippen LogP contribution in [0.4, 0.5) is 0 Å². The summed E-state index contributed by atoms with van der Waals surface area (Å²) in [5, 5.41) is 11.2. The number of pyridine rings is 1. The lowest BCUT2D eigenvalue weighted by Crippen LogP contribution is -1.98. The van der Waals surface area contributed by atoms with Gasteiger partial charge in [-0.15, -0.1) is 0 Å². The number of carbonyl (C=O) groups is 1. The summed E-state index contributed by atoms with van der Waals surface area (Å²) in [5.41, 5.74) is 2.95. The molecule has 0 aliphatic rings. The first-order valence-electron chi connectivity index (χ1n) is 8.14. The van der Waals surface area contributed by atoms with E-state index in [9.17, 15) is 9.90 Å². The summed E-state index contributed by atoms with van der Waals surface area (Å²) >= 11 is 0. The lowest BCUT2D eigenvalue weighted by Gasteiger charge is -2.07. The molecule has 0 bridgehead atoms. The maximum absolute atomic E-state index is 12.3. The Morgan fingerprint density at radius 2 is 2.08 bits per heavy atom. The molecule has 2 heterocycles. The number of allylic oxidation sites excluding steroid dienone is 1. The molecular formula is C20H20N2O3. The Kier molecular flexibility index (Phi) is 4.95. The number of H-pyrrole nitrogens is 1. The van der Waals surface area contributed by atoms with Crippen LogP contribution in [0.3, 0.4) is 0 Å². The zero-order chi connectivity index (χ0) is 17.8. The summed E-state index contributed by atoms with van der Waals surface area (Å²) in [6.45, 7) is 1.91. The molecule has 0 radical (unpaired) electrons. The van der Waals surface area contributed by atoms with Crippen molar-refractivity contribution in [3.8, 4) is 5.75 Å². The van der Waals surface area contributed by atoms with Gasteiger partial charge < -0.3 is 14.8 Å². The zero-order valence-corrected chi connectivity index (χ0v) is 14.2. The molecule has 0 aliphatic heterocycles. The van der Waals surface area contributed by atoms with Crippen molar-refractivity contribution >= 4 is 22.8 Å². The minimum atomic E-state index is -0.630. The summed E-state index contributed by atoms with van der Waals surface area (Å²) in [6.07, 6.45) is 6.38. The average molecular weight is 336 g/mol. The number of hydrogen-bond acceptors (Lipinski definition) is 4. The van der Waals surface area contributed by atoms with Gasteiger partial charge in [0.25, 0.3) is 0 Å². The molecule has 1 atom stereocenters. The van der Waals surface area contributed by atoms with Crippen LogP contribution >= 0.6 is 0 Å². The van der Waals surface area contributed by atoms with Crippen molar-refractivity contribution in [1.29, 1.82) is 0 Å². The molecule has 1 unspecified atom stereocenters. The number of carbonyl (C=O) groups excluding carboxylic acids is 1. The van der Waals surface area contributed by atoms with Crippen molar-refractivity contribution in [1.82, 2.24) is 9.97 Å². The third-order valence-corrected chi connectivity index (χ3v) is 4.16. The minimum absolute atomic E-state index is 0.114. The average Bonchev–Trinajstić information content (AvgIpc) is 3.03. The number of aliphatic hydroxyl groups is 1. The van der Waals surface area contributed by atoms with Gasteiger partial charge in [0, 0.05) is 34.4 Å². The van der Waals surface area contributed by atoms with Gasteiger partial charge in [-0.3, -0.25) is 9.78 Å². The molecule has 128 valence electrons. The predicted molar refractivity (Wildman–Crippen MR) is 97.7 cm³/mol. The molecule has 0 saturated carbocycles. The second kappa shape index (κ2) is 7.32. The number of aromatic amines is 1. The number of nitrogens with zero attached hydrogens (tertiary/aromatic N) is 1. The van der Waals surface area contributed by atoms with Crippen LogP contribution in [0.25, 0.3) is 17.0 Å². The van der Waals surface area contributed by atoms with Crippen LogP contribution < -0.4 is 4.74 Å². The molecule has 3 aromatic rings. The Morgan fingerprint density at radius 3 is 2.76 bits per heavy atom. The third kappa shape index (κ3) is 3.46. The Balaban J connectivity index is 2.06. The second-order valence-corrected chi connectivity index (χ2v) is 5.72. The predicted octanol–water partition coefficient (Wildman–Crippen LogP) is 3.91. The number of aliphatic hydroxyl groups excluding tert-OH is 1. The van der Waals surface area contributed by atoms with Crippen molar-refractivity contribution in [2.45, 2.75) is 19.4 Å². The lowest BCUT2D eigenvalue weighted by atomic mass is 10.0. The van der Waals surface area contributed by atoms with E-state index in [0.29, 0.717) is 17.7 Å². The fraction of sp³-hybridized carbons (Fsp3) is 0.200. The molecule has 0 spiro atoms. The van der Waals surface area contributed by atoms with Crippen molar-refractivity contribution in [2.75, 3.05) is 7.11 Å². The number of rotatable bonds is 6. The van der Waals surface area contributed by atoms with E-state index in [4.69, 9.17) is 4.74 Å². The van der Waals surface area contributed by atoms with Crippen LogP contribution in [0.1, 0.15) is 41.1 Å². The van der Waals surface area contributed by atoms with E-state index in [0.717, 1.165) is 22.2 Å². The van der Waals surface area contributed by atoms with Gasteiger partial charge in [-0.25, -0.2) is 0 Å². The molecule has 1 aromatic carbocycles. The molecule has 2 N–H and O–H groups in total. The van der Waals surface area contributed by atoms with E-state index in [2.05, 4.69) is 9.97 Å². The fourth-order valence-corrected chi connectivity index (χ4v) is 2.76. The van der Waals surface area contributed by atoms with Crippen LogP contribution in [0.5, 0.6) is 5.75 Å². The topological polar surface area (TPSA) is 75.2 Å². The third-order valence-electron chi connectivity index (χ3n) is 4.16. The molecular weight excluding hydrogens is 316 g/mol. The number of hydrogen-bond donors (Lipinski definition) is 2. The summed E-state index contributed by atoms with van der Waals surface area (Å²) in [4.78, 5) is 19.5. The maximum atomic E-state index is 12.3. The van der Waals surface area contributed by atoms with E-state index in [-0.39, 0.29) is 5.78 Å². The minimum Gasteiger partial charge on any atom is -0.497 e. The molecule has 0 amide bonds. The second-order valence-electron chi connectivity index (χ2n) is 5.72. The largest absolute Gasteiger partial charge is 0.497 e. The standard InChI is InChI=1S/C20H20N2O3/c1-3-18(23)20-15(5-7-19(24)13-8-10-21-11-9-13)16-12-14(25-2)4-6-17(16)22-20/h4-12,18,22-23H,3H2,1-2H3/b7-5+. The van der Waals surface area contributed by atoms with E-state index in [1.807, 2.05) is 25.1 Å². The van der Waals surface area contributed by atoms with Gasteiger partial charge in [0.2, 0.25) is 0 Å². The first-order chi connectivity index (χ1) is 12.1. The molecule has 3 rings (SSSR count). The Labute approximate surface area is 146 Å². The van der Waals surface area contributed by atoms with E-state index >= 15 is 0 Å². The number of fused-ring (bicyclic) bond motifs is 1. The number of benzene rings is 1. The van der Waals surface area contributed by atoms with Crippen LogP contribution in [-0.2, 0) is 0 Å². The SMILES string of the molecule is CCC(O)c1[nH]c2ccc(OC)cc2c1/C=C/C(=O)c1ccncc1. The molecule has 2 aromatic heterocycles. The Morgan fingerprint density at radius 1 is 1.32 bits per heavy atom. The summed E-state index contributed by atoms with van der Waals surface area (Å²) in [7, 11) is 1.61. The lowest BCUT2D eigenvalue weighted by molar-refractivity contribution is 0.104. The molecule has 0 aliphatic carbocycles. The van der Waals surface area contributed by atoms with Crippen LogP contribution in [0, 0.1) is 0 Å². The van der Waals surface area contributed by atoms with Crippen molar-refractivity contribution in [3.05, 3.63) is 65.6 Å². The summed E-state index contributed by atoms with van der Waals surface area (Å²) in [5.74, 6) is 0.607. The normalized spacial score (nSPS) is 12.6. The number of nitrogens with one attached hydrogen (secondary N) is 1. The monoisotopic (exact) mass is 336 g/mol. The Hall–Kier alpha value is -2.92. The van der Waals surface area contributed by atoms with Gasteiger partial charge in [-0.1, -0.05) is 6.92 Å². The highest BCUT2D eigenvalue weighted by Gasteiger charge is 2.16. The fourth-order valence-electron chi connectivity index (χ4n) is 2.76. The first kappa shape index (κ1) is 16.9. The first-order valence-corrected chi connectivity index (χ1v) is 8.14. The highest BCUT2D eigenvalue weighted by molar-refractivity contribution is 6.08. The van der Waals surface area contributed by atoms with Gasteiger partial charge >= 0.3 is 0 Å². The molecule has 0 saturated heterocycles. The number of ketones is 1. The number of ether oxygens (including phenoxy) is 1. The zero-order valence-electron chi connectivity index (χ0n) is 14.2. The van der Waals surface area contributed by atoms with Crippen molar-refractivity contribution in [2.24, 2.45) is 0 Å². The summed E-state index contributed by atoms with van der Waals surface area (Å²) < 4.78 is 5.29. The van der Waals surface area contributed by atoms with Gasteiger partial charge in [-0.05, 0) is 48.9 Å². The molecule has 25 heavy (non-hydrogen) atoms. The van der Waals surface area contributed by atoms with E-state index in [1.54, 1.807) is 37.7 Å². The van der Waals surface area contributed by atoms with Gasteiger partial charge in [0.05, 0.1) is 18.9 Å². The van der Waals surface area contributed by atoms with Gasteiger partial charge in [-0.2, -0.15) is 0 Å². The molecule has 0 fully saturated rings. The van der Waals surface area contributed by atoms with Crippen molar-refractivity contribution < 1.29 is 14.6 Å². The van der Waals surface area contributed by atoms with E-state index in [1.165, 1.54) is 6.08 Å². The summed E-state index contributed by atoms with van der Waals surface area (Å²) in [6, 6.07) is 9.01. The quantitative estimate of drug-likeness (QED) is 0.528. The molecule has 5 heteroatoms. The van der Waals surface area contributed by atoms with Gasteiger partial charge in [0.1, 0.15) is 5.75 Å².